The number of hydrogen-bond donors (Lipinski definition) is 1. The molecule has 0 spiro atoms. The summed E-state index contributed by atoms with van der Waals surface area (Å²) in [5.41, 5.74) is 3.69. The van der Waals surface area contributed by atoms with Crippen molar-refractivity contribution in [3.8, 4) is 0 Å². The van der Waals surface area contributed by atoms with Crippen molar-refractivity contribution in [1.29, 1.82) is 0 Å². The van der Waals surface area contributed by atoms with E-state index in [0.717, 1.165) is 13.1 Å². The molecule has 1 aromatic rings. The third kappa shape index (κ3) is 5.80. The van der Waals surface area contributed by atoms with Crippen molar-refractivity contribution in [2.24, 2.45) is 0 Å². The molecule has 0 saturated carbocycles. The predicted octanol–water partition coefficient (Wildman–Crippen LogP) is 4.87. The van der Waals surface area contributed by atoms with Gasteiger partial charge in [-0.3, -0.25) is 0 Å². The number of rotatable bonds is 6. The lowest BCUT2D eigenvalue weighted by molar-refractivity contribution is 0.468. The van der Waals surface area contributed by atoms with Crippen LogP contribution in [0.15, 0.2) is 18.2 Å². The summed E-state index contributed by atoms with van der Waals surface area (Å²) < 4.78 is 5.30. The monoisotopic (exact) mass is 284 g/mol. The first-order valence-corrected chi connectivity index (χ1v) is 8.73. The highest BCUT2D eigenvalue weighted by molar-refractivity contribution is 7.53. The van der Waals surface area contributed by atoms with Gasteiger partial charge in [0.25, 0.3) is 0 Å². The number of anilines is 2. The summed E-state index contributed by atoms with van der Waals surface area (Å²) in [6.45, 7) is 14.6. The van der Waals surface area contributed by atoms with Crippen LogP contribution >= 0.6 is 8.30 Å². The van der Waals surface area contributed by atoms with Crippen LogP contribution in [0.4, 0.5) is 11.4 Å². The maximum Gasteiger partial charge on any atom is 0.126 e. The van der Waals surface area contributed by atoms with E-state index in [1.165, 1.54) is 16.9 Å². The second-order valence-electron chi connectivity index (χ2n) is 3.96. The molecular weight excluding hydrogens is 255 g/mol. The van der Waals surface area contributed by atoms with Gasteiger partial charge in [-0.1, -0.05) is 19.9 Å². The third-order valence-corrected chi connectivity index (χ3v) is 4.01. The lowest BCUT2D eigenvalue weighted by Crippen LogP contribution is -2.21. The van der Waals surface area contributed by atoms with Crippen LogP contribution in [0.25, 0.3) is 0 Å². The first kappa shape index (κ1) is 18.2. The van der Waals surface area contributed by atoms with Crippen LogP contribution in [0.2, 0.25) is 0 Å². The highest BCUT2D eigenvalue weighted by atomic mass is 31.2. The number of benzene rings is 1. The smallest absolute Gasteiger partial charge is 0.126 e. The normalized spacial score (nSPS) is 11.3. The Kier molecular flexibility index (Phi) is 9.63. The molecule has 1 aromatic carbocycles. The minimum Gasteiger partial charge on any atom is -0.372 e. The van der Waals surface area contributed by atoms with E-state index in [9.17, 15) is 0 Å². The van der Waals surface area contributed by atoms with Gasteiger partial charge in [0.1, 0.15) is 8.30 Å². The first-order chi connectivity index (χ1) is 9.12. The number of hydrogen-bond acceptors (Lipinski definition) is 3. The molecule has 0 amide bonds. The van der Waals surface area contributed by atoms with Crippen LogP contribution in [0.1, 0.15) is 33.3 Å². The van der Waals surface area contributed by atoms with E-state index in [-0.39, 0.29) is 0 Å². The standard InChI is InChI=1S/C13H23N2OP.C2H6/c1-6-15(7-2)12-9-8-11(3)13(10-12)14-17(5)16-4;1-2/h8-10,14H,6-7H2,1-5H3;1-2H3. The van der Waals surface area contributed by atoms with Gasteiger partial charge in [-0.2, -0.15) is 0 Å². The molecule has 0 aliphatic heterocycles. The zero-order chi connectivity index (χ0) is 14.8. The van der Waals surface area contributed by atoms with Crippen LogP contribution in [-0.4, -0.2) is 26.9 Å². The van der Waals surface area contributed by atoms with Gasteiger partial charge < -0.3 is 14.5 Å². The molecule has 0 aromatic heterocycles. The van der Waals surface area contributed by atoms with Gasteiger partial charge >= 0.3 is 0 Å². The van der Waals surface area contributed by atoms with Gasteiger partial charge in [0.2, 0.25) is 0 Å². The van der Waals surface area contributed by atoms with Gasteiger partial charge in [0.15, 0.2) is 0 Å². The fourth-order valence-corrected chi connectivity index (χ4v) is 2.40. The van der Waals surface area contributed by atoms with Crippen LogP contribution in [0, 0.1) is 6.92 Å². The van der Waals surface area contributed by atoms with E-state index in [2.05, 4.69) is 55.6 Å². The molecule has 0 aliphatic carbocycles. The average Bonchev–Trinajstić information content (AvgIpc) is 2.45. The summed E-state index contributed by atoms with van der Waals surface area (Å²) in [5, 5.41) is 3.42. The fraction of sp³-hybridized carbons (Fsp3) is 0.600. The largest absolute Gasteiger partial charge is 0.372 e. The Morgan fingerprint density at radius 2 is 1.79 bits per heavy atom. The fourth-order valence-electron chi connectivity index (χ4n) is 1.73. The molecule has 1 atom stereocenters. The molecule has 110 valence electrons. The Morgan fingerprint density at radius 1 is 1.21 bits per heavy atom. The molecule has 4 heteroatoms. The van der Waals surface area contributed by atoms with E-state index in [1.54, 1.807) is 7.11 Å². The molecule has 1 N–H and O–H groups in total. The SMILES string of the molecule is CC.CCN(CC)c1ccc(C)c(NP(C)OC)c1. The van der Waals surface area contributed by atoms with Crippen molar-refractivity contribution in [2.75, 3.05) is 36.9 Å². The van der Waals surface area contributed by atoms with Crippen molar-refractivity contribution in [3.05, 3.63) is 23.8 Å². The minimum atomic E-state index is -0.580. The van der Waals surface area contributed by atoms with Gasteiger partial charge in [0.05, 0.1) is 0 Å². The summed E-state index contributed by atoms with van der Waals surface area (Å²) in [7, 11) is 1.16. The van der Waals surface area contributed by atoms with Gasteiger partial charge in [0, 0.05) is 31.6 Å². The van der Waals surface area contributed by atoms with Crippen molar-refractivity contribution < 1.29 is 4.52 Å². The molecule has 1 unspecified atom stereocenters. The van der Waals surface area contributed by atoms with Crippen LogP contribution in [0.5, 0.6) is 0 Å². The Morgan fingerprint density at radius 3 is 2.26 bits per heavy atom. The quantitative estimate of drug-likeness (QED) is 0.754. The first-order valence-electron chi connectivity index (χ1n) is 7.02. The Hall–Kier alpha value is -0.790. The highest BCUT2D eigenvalue weighted by Gasteiger charge is 2.07. The van der Waals surface area contributed by atoms with E-state index in [4.69, 9.17) is 4.52 Å². The molecule has 0 heterocycles. The summed E-state index contributed by atoms with van der Waals surface area (Å²) in [5.74, 6) is 0. The maximum atomic E-state index is 5.30. The molecule has 19 heavy (non-hydrogen) atoms. The molecule has 1 rings (SSSR count). The summed E-state index contributed by atoms with van der Waals surface area (Å²) in [6, 6.07) is 6.55. The van der Waals surface area contributed by atoms with Gasteiger partial charge in [-0.15, -0.1) is 0 Å². The highest BCUT2D eigenvalue weighted by Crippen LogP contribution is 2.35. The van der Waals surface area contributed by atoms with Crippen LogP contribution in [0.3, 0.4) is 0 Å². The van der Waals surface area contributed by atoms with E-state index in [0.29, 0.717) is 0 Å². The third-order valence-electron chi connectivity index (χ3n) is 2.90. The Balaban J connectivity index is 0.00000154. The number of nitrogens with one attached hydrogen (secondary N) is 1. The Bertz CT molecular complexity index is 354. The van der Waals surface area contributed by atoms with Gasteiger partial charge in [-0.25, -0.2) is 0 Å². The predicted molar refractivity (Wildman–Crippen MR) is 89.6 cm³/mol. The Labute approximate surface area is 120 Å². The summed E-state index contributed by atoms with van der Waals surface area (Å²) >= 11 is 0. The lowest BCUT2D eigenvalue weighted by atomic mass is 10.1. The number of nitrogens with zero attached hydrogens (tertiary/aromatic N) is 1. The molecule has 0 aliphatic rings. The molecule has 3 nitrogen and oxygen atoms in total. The topological polar surface area (TPSA) is 24.5 Å². The molecule has 0 radical (unpaired) electrons. The second kappa shape index (κ2) is 10.1. The van der Waals surface area contributed by atoms with Crippen molar-refractivity contribution in [3.63, 3.8) is 0 Å². The van der Waals surface area contributed by atoms with Crippen molar-refractivity contribution in [2.45, 2.75) is 34.6 Å². The number of aryl methyl sites for hydroxylation is 1. The molecule has 0 saturated heterocycles. The van der Waals surface area contributed by atoms with Gasteiger partial charge in [-0.05, 0) is 45.1 Å². The van der Waals surface area contributed by atoms with E-state index in [1.807, 2.05) is 13.8 Å². The average molecular weight is 284 g/mol. The maximum absolute atomic E-state index is 5.30. The van der Waals surface area contributed by atoms with Crippen molar-refractivity contribution >= 4 is 19.7 Å². The van der Waals surface area contributed by atoms with Crippen LogP contribution < -0.4 is 9.99 Å². The van der Waals surface area contributed by atoms with Crippen molar-refractivity contribution in [1.82, 2.24) is 0 Å². The summed E-state index contributed by atoms with van der Waals surface area (Å²) in [4.78, 5) is 2.34. The van der Waals surface area contributed by atoms with Crippen LogP contribution in [-0.2, 0) is 4.52 Å². The molecule has 0 fully saturated rings. The lowest BCUT2D eigenvalue weighted by Gasteiger charge is -2.23. The minimum absolute atomic E-state index is 0.580. The van der Waals surface area contributed by atoms with E-state index < -0.39 is 8.30 Å². The summed E-state index contributed by atoms with van der Waals surface area (Å²) in [6.07, 6.45) is 0. The zero-order valence-corrected chi connectivity index (χ0v) is 14.3. The molecular formula is C15H29N2OP. The zero-order valence-electron chi connectivity index (χ0n) is 13.4. The second-order valence-corrected chi connectivity index (χ2v) is 5.55. The molecule has 0 bridgehead atoms. The van der Waals surface area contributed by atoms with E-state index >= 15 is 0 Å².